The van der Waals surface area contributed by atoms with Crippen LogP contribution in [0, 0.1) is 0 Å². The molecule has 1 aliphatic heterocycles. The summed E-state index contributed by atoms with van der Waals surface area (Å²) in [5.74, 6) is -0.905. The molecule has 2 heterocycles. The van der Waals surface area contributed by atoms with Crippen LogP contribution < -0.4 is 0 Å². The fourth-order valence-electron chi connectivity index (χ4n) is 2.01. The van der Waals surface area contributed by atoms with Crippen LogP contribution in [0.25, 0.3) is 5.57 Å². The Morgan fingerprint density at radius 1 is 1.26 bits per heavy atom. The zero-order chi connectivity index (χ0) is 17.6. The van der Waals surface area contributed by atoms with Gasteiger partial charge in [0.05, 0.1) is 0 Å². The first-order valence-electron chi connectivity index (χ1n) is 7.77. The van der Waals surface area contributed by atoms with Crippen molar-refractivity contribution in [3.8, 4) is 0 Å². The van der Waals surface area contributed by atoms with Crippen molar-refractivity contribution >= 4 is 29.0 Å². The second kappa shape index (κ2) is 8.15. The largest absolute Gasteiger partial charge is 0.477 e. The maximum atomic E-state index is 11.9. The Balaban J connectivity index is 0.00000127. The number of thiophene rings is 1. The van der Waals surface area contributed by atoms with Gasteiger partial charge in [-0.2, -0.15) is 0 Å². The topological polar surface area (TPSA) is 66.8 Å². The molecule has 0 atom stereocenters. The quantitative estimate of drug-likeness (QED) is 0.861. The molecule has 2 rings (SSSR count). The van der Waals surface area contributed by atoms with Gasteiger partial charge in [-0.25, -0.2) is 9.59 Å². The number of carbonyl (C=O) groups excluding carboxylic acids is 1. The van der Waals surface area contributed by atoms with Gasteiger partial charge in [0.2, 0.25) is 0 Å². The average molecular weight is 339 g/mol. The molecular weight excluding hydrogens is 314 g/mol. The summed E-state index contributed by atoms with van der Waals surface area (Å²) in [6.45, 7) is 10.6. The van der Waals surface area contributed by atoms with Crippen molar-refractivity contribution < 1.29 is 19.4 Å². The van der Waals surface area contributed by atoms with Crippen LogP contribution in [0.3, 0.4) is 0 Å². The standard InChI is InChI=1S/C15H19NO4S.C2H6/c1-15(2,3)20-14(19)16-8-6-10(7-9-16)11-4-5-12(21-11)13(17)18;1-2/h4-6H,7-9H2,1-3H3,(H,17,18);1-2H3. The molecule has 0 aliphatic carbocycles. The Bertz CT molecular complexity index is 584. The van der Waals surface area contributed by atoms with E-state index in [0.29, 0.717) is 24.4 Å². The van der Waals surface area contributed by atoms with Crippen molar-refractivity contribution in [1.29, 1.82) is 0 Å². The zero-order valence-corrected chi connectivity index (χ0v) is 15.2. The number of carboxylic acids is 1. The van der Waals surface area contributed by atoms with E-state index >= 15 is 0 Å². The Hall–Kier alpha value is -1.82. The van der Waals surface area contributed by atoms with E-state index in [2.05, 4.69) is 0 Å². The van der Waals surface area contributed by atoms with E-state index < -0.39 is 11.6 Å². The molecule has 1 aromatic heterocycles. The van der Waals surface area contributed by atoms with E-state index in [1.165, 1.54) is 11.3 Å². The number of ether oxygens (including phenoxy) is 1. The van der Waals surface area contributed by atoms with Gasteiger partial charge >= 0.3 is 12.1 Å². The Kier molecular flexibility index (Phi) is 6.81. The van der Waals surface area contributed by atoms with E-state index in [-0.39, 0.29) is 6.09 Å². The number of nitrogens with zero attached hydrogens (tertiary/aromatic N) is 1. The summed E-state index contributed by atoms with van der Waals surface area (Å²) in [6, 6.07) is 3.44. The highest BCUT2D eigenvalue weighted by Crippen LogP contribution is 2.29. The lowest BCUT2D eigenvalue weighted by Crippen LogP contribution is -2.39. The molecule has 1 amide bonds. The first kappa shape index (κ1) is 19.2. The van der Waals surface area contributed by atoms with Gasteiger partial charge in [0, 0.05) is 18.0 Å². The molecule has 0 saturated carbocycles. The van der Waals surface area contributed by atoms with Gasteiger partial charge in [-0.1, -0.05) is 19.9 Å². The van der Waals surface area contributed by atoms with Crippen molar-refractivity contribution in [2.45, 2.75) is 46.6 Å². The van der Waals surface area contributed by atoms with Gasteiger partial charge in [0.25, 0.3) is 0 Å². The van der Waals surface area contributed by atoms with E-state index in [0.717, 1.165) is 10.5 Å². The highest BCUT2D eigenvalue weighted by molar-refractivity contribution is 7.15. The van der Waals surface area contributed by atoms with E-state index in [1.54, 1.807) is 11.0 Å². The van der Waals surface area contributed by atoms with Gasteiger partial charge in [0.15, 0.2) is 0 Å². The minimum absolute atomic E-state index is 0.310. The van der Waals surface area contributed by atoms with Crippen LogP contribution >= 0.6 is 11.3 Å². The maximum absolute atomic E-state index is 11.9. The van der Waals surface area contributed by atoms with Crippen molar-refractivity contribution in [3.63, 3.8) is 0 Å². The minimum Gasteiger partial charge on any atom is -0.477 e. The number of amides is 1. The molecule has 1 aromatic rings. The van der Waals surface area contributed by atoms with Crippen LogP contribution in [0.4, 0.5) is 4.79 Å². The molecule has 6 heteroatoms. The summed E-state index contributed by atoms with van der Waals surface area (Å²) in [6.07, 6.45) is 2.36. The van der Waals surface area contributed by atoms with E-state index in [4.69, 9.17) is 9.84 Å². The van der Waals surface area contributed by atoms with Crippen molar-refractivity contribution in [2.75, 3.05) is 13.1 Å². The molecule has 1 N–H and O–H groups in total. The molecule has 0 unspecified atom stereocenters. The predicted molar refractivity (Wildman–Crippen MR) is 93.0 cm³/mol. The van der Waals surface area contributed by atoms with Gasteiger partial charge in [-0.05, 0) is 44.9 Å². The number of hydrogen-bond donors (Lipinski definition) is 1. The van der Waals surface area contributed by atoms with Crippen LogP contribution in [0.2, 0.25) is 0 Å². The van der Waals surface area contributed by atoms with E-state index in [1.807, 2.05) is 46.8 Å². The molecule has 5 nitrogen and oxygen atoms in total. The summed E-state index contributed by atoms with van der Waals surface area (Å²) in [5.41, 5.74) is 0.595. The molecular formula is C17H25NO4S. The summed E-state index contributed by atoms with van der Waals surface area (Å²) < 4.78 is 5.34. The molecule has 0 fully saturated rings. The second-order valence-electron chi connectivity index (χ2n) is 5.87. The third-order valence-electron chi connectivity index (χ3n) is 2.99. The van der Waals surface area contributed by atoms with Crippen LogP contribution in [-0.4, -0.2) is 40.8 Å². The highest BCUT2D eigenvalue weighted by Gasteiger charge is 2.24. The van der Waals surface area contributed by atoms with Gasteiger partial charge < -0.3 is 14.7 Å². The summed E-state index contributed by atoms with van der Waals surface area (Å²) in [4.78, 5) is 25.8. The van der Waals surface area contributed by atoms with Gasteiger partial charge in [0.1, 0.15) is 10.5 Å². The van der Waals surface area contributed by atoms with Crippen molar-refractivity contribution in [3.05, 3.63) is 28.0 Å². The Labute approximate surface area is 141 Å². The predicted octanol–water partition coefficient (Wildman–Crippen LogP) is 4.50. The summed E-state index contributed by atoms with van der Waals surface area (Å²) in [5, 5.41) is 8.94. The fraction of sp³-hybridized carbons (Fsp3) is 0.529. The first-order chi connectivity index (χ1) is 10.8. The van der Waals surface area contributed by atoms with Crippen LogP contribution in [-0.2, 0) is 4.74 Å². The molecule has 1 aliphatic rings. The minimum atomic E-state index is -0.905. The zero-order valence-electron chi connectivity index (χ0n) is 14.4. The lowest BCUT2D eigenvalue weighted by Gasteiger charge is -2.29. The molecule has 0 aromatic carbocycles. The first-order valence-corrected chi connectivity index (χ1v) is 8.58. The van der Waals surface area contributed by atoms with Gasteiger partial charge in [-0.3, -0.25) is 0 Å². The van der Waals surface area contributed by atoms with Crippen molar-refractivity contribution in [1.82, 2.24) is 4.90 Å². The number of rotatable bonds is 2. The Morgan fingerprint density at radius 3 is 2.35 bits per heavy atom. The Morgan fingerprint density at radius 2 is 1.91 bits per heavy atom. The molecule has 0 saturated heterocycles. The fourth-order valence-corrected chi connectivity index (χ4v) is 2.92. The van der Waals surface area contributed by atoms with Crippen LogP contribution in [0.15, 0.2) is 18.2 Å². The molecule has 0 spiro atoms. The monoisotopic (exact) mass is 339 g/mol. The number of carbonyl (C=O) groups is 2. The highest BCUT2D eigenvalue weighted by atomic mass is 32.1. The summed E-state index contributed by atoms with van der Waals surface area (Å²) >= 11 is 1.26. The summed E-state index contributed by atoms with van der Waals surface area (Å²) in [7, 11) is 0. The third-order valence-corrected chi connectivity index (χ3v) is 4.14. The van der Waals surface area contributed by atoms with E-state index in [9.17, 15) is 9.59 Å². The molecule has 23 heavy (non-hydrogen) atoms. The molecule has 0 bridgehead atoms. The normalized spacial score (nSPS) is 14.5. The number of carboxylic acid groups (broad SMARTS) is 1. The van der Waals surface area contributed by atoms with Crippen LogP contribution in [0.5, 0.6) is 0 Å². The molecule has 128 valence electrons. The smallest absolute Gasteiger partial charge is 0.410 e. The molecule has 0 radical (unpaired) electrons. The van der Waals surface area contributed by atoms with Crippen molar-refractivity contribution in [2.24, 2.45) is 0 Å². The number of aromatic carboxylic acids is 1. The number of hydrogen-bond acceptors (Lipinski definition) is 4. The van der Waals surface area contributed by atoms with Crippen LogP contribution in [0.1, 0.15) is 55.6 Å². The maximum Gasteiger partial charge on any atom is 0.410 e. The second-order valence-corrected chi connectivity index (χ2v) is 6.96. The SMILES string of the molecule is CC.CC(C)(C)OC(=O)N1CC=C(c2ccc(C(=O)O)s2)CC1. The van der Waals surface area contributed by atoms with Gasteiger partial charge in [-0.15, -0.1) is 11.3 Å². The lowest BCUT2D eigenvalue weighted by atomic mass is 10.1. The third kappa shape index (κ3) is 5.71. The lowest BCUT2D eigenvalue weighted by molar-refractivity contribution is 0.0270. The average Bonchev–Trinajstić information content (AvgIpc) is 2.98.